The molecule has 0 saturated carbocycles. The van der Waals surface area contributed by atoms with Crippen LogP contribution >= 0.6 is 0 Å². The van der Waals surface area contributed by atoms with Gasteiger partial charge < -0.3 is 14.4 Å². The number of anilines is 1. The van der Waals surface area contributed by atoms with E-state index >= 15 is 0 Å². The van der Waals surface area contributed by atoms with E-state index in [0.29, 0.717) is 31.1 Å². The van der Waals surface area contributed by atoms with Crippen LogP contribution in [-0.2, 0) is 10.0 Å². The number of sulfonamides is 1. The van der Waals surface area contributed by atoms with Crippen molar-refractivity contribution in [1.82, 2.24) is 4.31 Å². The standard InChI is InChI=1S/C20H24N2O4S/c1-14-10-15(2)20(16(3)11-14)27(23,24)22-8-6-21(7-9-22)17-4-5-18-19(12-17)26-13-25-18/h4-5,10-12H,6-9,13H2,1-3H3. The maximum atomic E-state index is 13.2. The SMILES string of the molecule is Cc1cc(C)c(S(=O)(=O)N2CCN(c3ccc4c(c3)OCO4)CC2)c(C)c1. The number of fused-ring (bicyclic) bond motifs is 1. The first kappa shape index (κ1) is 18.1. The highest BCUT2D eigenvalue weighted by Gasteiger charge is 2.31. The maximum Gasteiger partial charge on any atom is 0.243 e. The monoisotopic (exact) mass is 388 g/mol. The van der Waals surface area contributed by atoms with E-state index < -0.39 is 10.0 Å². The van der Waals surface area contributed by atoms with Gasteiger partial charge in [-0.15, -0.1) is 0 Å². The normalized spacial score (nSPS) is 17.4. The van der Waals surface area contributed by atoms with Gasteiger partial charge in [0.05, 0.1) is 4.90 Å². The first-order valence-corrected chi connectivity index (χ1v) is 10.5. The van der Waals surface area contributed by atoms with Crippen molar-refractivity contribution in [3.63, 3.8) is 0 Å². The molecule has 0 amide bonds. The molecule has 0 bridgehead atoms. The number of hydrogen-bond donors (Lipinski definition) is 0. The summed E-state index contributed by atoms with van der Waals surface area (Å²) in [6.45, 7) is 8.19. The molecule has 1 fully saturated rings. The van der Waals surface area contributed by atoms with Crippen molar-refractivity contribution in [1.29, 1.82) is 0 Å². The summed E-state index contributed by atoms with van der Waals surface area (Å²) >= 11 is 0. The van der Waals surface area contributed by atoms with Crippen molar-refractivity contribution >= 4 is 15.7 Å². The fourth-order valence-electron chi connectivity index (χ4n) is 3.97. The van der Waals surface area contributed by atoms with Crippen molar-refractivity contribution in [3.05, 3.63) is 47.0 Å². The zero-order valence-electron chi connectivity index (χ0n) is 15.9. The third-order valence-electron chi connectivity index (χ3n) is 5.16. The van der Waals surface area contributed by atoms with Crippen LogP contribution in [0.4, 0.5) is 5.69 Å². The molecule has 0 spiro atoms. The molecule has 2 aromatic carbocycles. The Hall–Kier alpha value is -2.25. The molecule has 2 heterocycles. The summed E-state index contributed by atoms with van der Waals surface area (Å²) in [5, 5.41) is 0. The van der Waals surface area contributed by atoms with Gasteiger partial charge in [0.2, 0.25) is 16.8 Å². The molecule has 1 saturated heterocycles. The van der Waals surface area contributed by atoms with Crippen LogP contribution in [0.25, 0.3) is 0 Å². The van der Waals surface area contributed by atoms with Crippen LogP contribution in [0.5, 0.6) is 11.5 Å². The molecule has 6 nitrogen and oxygen atoms in total. The number of piperazine rings is 1. The van der Waals surface area contributed by atoms with Crippen LogP contribution in [0.15, 0.2) is 35.2 Å². The van der Waals surface area contributed by atoms with E-state index in [4.69, 9.17) is 9.47 Å². The predicted molar refractivity (Wildman–Crippen MR) is 104 cm³/mol. The second-order valence-corrected chi connectivity index (χ2v) is 9.03. The molecule has 2 aliphatic rings. The molecule has 0 N–H and O–H groups in total. The Labute approximate surface area is 160 Å². The minimum atomic E-state index is -3.49. The molecule has 0 radical (unpaired) electrons. The van der Waals surface area contributed by atoms with Crippen molar-refractivity contribution < 1.29 is 17.9 Å². The van der Waals surface area contributed by atoms with E-state index in [1.807, 2.05) is 51.1 Å². The molecule has 0 aliphatic carbocycles. The van der Waals surface area contributed by atoms with Gasteiger partial charge in [0.1, 0.15) is 0 Å². The van der Waals surface area contributed by atoms with Crippen LogP contribution in [0.3, 0.4) is 0 Å². The lowest BCUT2D eigenvalue weighted by atomic mass is 10.1. The van der Waals surface area contributed by atoms with Crippen molar-refractivity contribution in [2.45, 2.75) is 25.7 Å². The van der Waals surface area contributed by atoms with E-state index in [2.05, 4.69) is 4.90 Å². The average Bonchev–Trinajstić information content (AvgIpc) is 3.08. The van der Waals surface area contributed by atoms with E-state index in [9.17, 15) is 8.42 Å². The zero-order valence-corrected chi connectivity index (χ0v) is 16.7. The van der Waals surface area contributed by atoms with Crippen LogP contribution in [0.2, 0.25) is 0 Å². The number of rotatable bonds is 3. The number of aryl methyl sites for hydroxylation is 3. The fourth-order valence-corrected chi connectivity index (χ4v) is 5.81. The second kappa shape index (κ2) is 6.73. The highest BCUT2D eigenvalue weighted by Crippen LogP contribution is 2.36. The molecule has 4 rings (SSSR count). The Morgan fingerprint density at radius 2 is 1.48 bits per heavy atom. The Balaban J connectivity index is 1.52. The predicted octanol–water partition coefficient (Wildman–Crippen LogP) is 2.85. The Bertz CT molecular complexity index is 956. The Morgan fingerprint density at radius 1 is 0.852 bits per heavy atom. The molecule has 144 valence electrons. The smallest absolute Gasteiger partial charge is 0.243 e. The van der Waals surface area contributed by atoms with Crippen LogP contribution < -0.4 is 14.4 Å². The van der Waals surface area contributed by atoms with Gasteiger partial charge in [0.25, 0.3) is 0 Å². The first-order chi connectivity index (χ1) is 12.9. The van der Waals surface area contributed by atoms with E-state index in [-0.39, 0.29) is 6.79 Å². The average molecular weight is 388 g/mol. The van der Waals surface area contributed by atoms with Crippen molar-refractivity contribution in [2.24, 2.45) is 0 Å². The number of ether oxygens (including phenoxy) is 2. The van der Waals surface area contributed by atoms with Gasteiger partial charge in [0, 0.05) is 37.9 Å². The van der Waals surface area contributed by atoms with Gasteiger partial charge in [-0.3, -0.25) is 0 Å². The van der Waals surface area contributed by atoms with Crippen LogP contribution in [-0.4, -0.2) is 45.7 Å². The van der Waals surface area contributed by atoms with Gasteiger partial charge in [-0.2, -0.15) is 4.31 Å². The van der Waals surface area contributed by atoms with E-state index in [0.717, 1.165) is 33.9 Å². The number of nitrogens with zero attached hydrogens (tertiary/aromatic N) is 2. The zero-order chi connectivity index (χ0) is 19.2. The van der Waals surface area contributed by atoms with Gasteiger partial charge in [-0.05, 0) is 44.0 Å². The largest absolute Gasteiger partial charge is 0.454 e. The third-order valence-corrected chi connectivity index (χ3v) is 7.37. The minimum absolute atomic E-state index is 0.250. The highest BCUT2D eigenvalue weighted by atomic mass is 32.2. The first-order valence-electron chi connectivity index (χ1n) is 9.09. The van der Waals surface area contributed by atoms with Gasteiger partial charge in [0.15, 0.2) is 11.5 Å². The quantitative estimate of drug-likeness (QED) is 0.809. The third kappa shape index (κ3) is 3.26. The molecule has 0 atom stereocenters. The summed E-state index contributed by atoms with van der Waals surface area (Å²) < 4.78 is 38.8. The summed E-state index contributed by atoms with van der Waals surface area (Å²) in [5.41, 5.74) is 3.73. The summed E-state index contributed by atoms with van der Waals surface area (Å²) in [7, 11) is -3.49. The minimum Gasteiger partial charge on any atom is -0.454 e. The molecule has 0 unspecified atom stereocenters. The van der Waals surface area contributed by atoms with Gasteiger partial charge >= 0.3 is 0 Å². The Morgan fingerprint density at radius 3 is 2.15 bits per heavy atom. The van der Waals surface area contributed by atoms with E-state index in [1.165, 1.54) is 0 Å². The molecule has 27 heavy (non-hydrogen) atoms. The lowest BCUT2D eigenvalue weighted by Crippen LogP contribution is -2.48. The second-order valence-electron chi connectivity index (χ2n) is 7.16. The van der Waals surface area contributed by atoms with Gasteiger partial charge in [-0.25, -0.2) is 8.42 Å². The summed E-state index contributed by atoms with van der Waals surface area (Å²) in [4.78, 5) is 2.63. The molecule has 0 aromatic heterocycles. The number of hydrogen-bond acceptors (Lipinski definition) is 5. The summed E-state index contributed by atoms with van der Waals surface area (Å²) in [6.07, 6.45) is 0. The van der Waals surface area contributed by atoms with Gasteiger partial charge in [-0.1, -0.05) is 17.7 Å². The molecule has 7 heteroatoms. The van der Waals surface area contributed by atoms with Crippen LogP contribution in [0, 0.1) is 20.8 Å². The molecule has 2 aliphatic heterocycles. The van der Waals surface area contributed by atoms with Crippen molar-refractivity contribution in [3.8, 4) is 11.5 Å². The Kier molecular flexibility index (Phi) is 4.52. The highest BCUT2D eigenvalue weighted by molar-refractivity contribution is 7.89. The van der Waals surface area contributed by atoms with E-state index in [1.54, 1.807) is 4.31 Å². The van der Waals surface area contributed by atoms with Crippen LogP contribution in [0.1, 0.15) is 16.7 Å². The summed E-state index contributed by atoms with van der Waals surface area (Å²) in [5.74, 6) is 1.50. The lowest BCUT2D eigenvalue weighted by molar-refractivity contribution is 0.174. The maximum absolute atomic E-state index is 13.2. The topological polar surface area (TPSA) is 59.1 Å². The number of benzene rings is 2. The summed E-state index contributed by atoms with van der Waals surface area (Å²) in [6, 6.07) is 9.72. The lowest BCUT2D eigenvalue weighted by Gasteiger charge is -2.36. The molecular weight excluding hydrogens is 364 g/mol. The fraction of sp³-hybridized carbons (Fsp3) is 0.400. The molecule has 2 aromatic rings. The van der Waals surface area contributed by atoms with Crippen molar-refractivity contribution in [2.75, 3.05) is 37.9 Å². The molecular formula is C20H24N2O4S.